The second-order valence-corrected chi connectivity index (χ2v) is 4.96. The molecule has 92 valence electrons. The van der Waals surface area contributed by atoms with Crippen molar-refractivity contribution in [3.8, 4) is 0 Å². The van der Waals surface area contributed by atoms with Gasteiger partial charge in [0.15, 0.2) is 0 Å². The van der Waals surface area contributed by atoms with Crippen LogP contribution < -0.4 is 5.32 Å². The molecule has 0 unspecified atom stereocenters. The third-order valence-electron chi connectivity index (χ3n) is 2.66. The Kier molecular flexibility index (Phi) is 3.71. The fraction of sp³-hybridized carbons (Fsp3) is 0.357. The number of rotatable bonds is 2. The average molecular weight is 235 g/mol. The third kappa shape index (κ3) is 2.73. The number of amides is 1. The van der Waals surface area contributed by atoms with E-state index in [0.29, 0.717) is 5.56 Å². The zero-order chi connectivity index (χ0) is 13.2. The topological polar surface area (TPSA) is 29.1 Å². The lowest BCUT2D eigenvalue weighted by molar-refractivity contribution is 0.0959. The van der Waals surface area contributed by atoms with E-state index in [2.05, 4.69) is 11.9 Å². The molecule has 1 aromatic rings. The smallest absolute Gasteiger partial charge is 0.254 e. The van der Waals surface area contributed by atoms with Crippen molar-refractivity contribution in [2.45, 2.75) is 26.2 Å². The van der Waals surface area contributed by atoms with Crippen LogP contribution in [0.15, 0.2) is 18.7 Å². The number of hydrogen-bond donors (Lipinski definition) is 1. The van der Waals surface area contributed by atoms with Crippen molar-refractivity contribution in [3.05, 3.63) is 41.2 Å². The Morgan fingerprint density at radius 1 is 1.41 bits per heavy atom. The Morgan fingerprint density at radius 2 is 2.00 bits per heavy atom. The Bertz CT molecular complexity index is 458. The fourth-order valence-electron chi connectivity index (χ4n) is 1.59. The van der Waals surface area contributed by atoms with E-state index in [1.54, 1.807) is 6.07 Å². The highest BCUT2D eigenvalue weighted by Gasteiger charge is 2.20. The van der Waals surface area contributed by atoms with Gasteiger partial charge in [-0.2, -0.15) is 0 Å². The summed E-state index contributed by atoms with van der Waals surface area (Å²) in [4.78, 5) is 11.6. The van der Waals surface area contributed by atoms with Crippen LogP contribution in [0, 0.1) is 5.82 Å². The van der Waals surface area contributed by atoms with E-state index in [-0.39, 0.29) is 11.0 Å². The van der Waals surface area contributed by atoms with Crippen LogP contribution in [0.4, 0.5) is 4.39 Å². The van der Waals surface area contributed by atoms with Crippen LogP contribution in [-0.4, -0.2) is 13.0 Å². The van der Waals surface area contributed by atoms with Crippen LogP contribution in [0.1, 0.15) is 42.3 Å². The molecule has 0 saturated carbocycles. The molecule has 1 N–H and O–H groups in total. The second-order valence-electron chi connectivity index (χ2n) is 4.96. The molecule has 3 heteroatoms. The molecular formula is C14H18FNO. The van der Waals surface area contributed by atoms with Crippen LogP contribution in [0.5, 0.6) is 0 Å². The standard InChI is InChI=1S/C14H18FNO/c1-6-9-7-10(14(2,3)4)8-11(15)12(9)13(17)16-5/h6-8H,1H2,2-5H3,(H,16,17). The third-order valence-corrected chi connectivity index (χ3v) is 2.66. The van der Waals surface area contributed by atoms with Crippen molar-refractivity contribution in [3.63, 3.8) is 0 Å². The van der Waals surface area contributed by atoms with Crippen LogP contribution in [0.25, 0.3) is 6.08 Å². The molecule has 0 aliphatic rings. The first-order valence-electron chi connectivity index (χ1n) is 5.49. The summed E-state index contributed by atoms with van der Waals surface area (Å²) in [6.07, 6.45) is 1.50. The van der Waals surface area contributed by atoms with Gasteiger partial charge in [-0.15, -0.1) is 0 Å². The van der Waals surface area contributed by atoms with Crippen LogP contribution in [-0.2, 0) is 5.41 Å². The van der Waals surface area contributed by atoms with E-state index in [1.807, 2.05) is 20.8 Å². The molecule has 0 aromatic heterocycles. The molecule has 1 rings (SSSR count). The number of halogens is 1. The molecule has 0 bridgehead atoms. The van der Waals surface area contributed by atoms with E-state index in [1.165, 1.54) is 19.2 Å². The number of hydrogen-bond acceptors (Lipinski definition) is 1. The number of carbonyl (C=O) groups is 1. The van der Waals surface area contributed by atoms with Crippen LogP contribution in [0.3, 0.4) is 0 Å². The molecule has 0 aliphatic heterocycles. The maximum Gasteiger partial charge on any atom is 0.254 e. The molecule has 0 aliphatic carbocycles. The van der Waals surface area contributed by atoms with Crippen molar-refractivity contribution < 1.29 is 9.18 Å². The van der Waals surface area contributed by atoms with E-state index >= 15 is 0 Å². The lowest BCUT2D eigenvalue weighted by Gasteiger charge is -2.21. The van der Waals surface area contributed by atoms with E-state index in [0.717, 1.165) is 5.56 Å². The largest absolute Gasteiger partial charge is 0.355 e. The fourth-order valence-corrected chi connectivity index (χ4v) is 1.59. The first-order chi connectivity index (χ1) is 7.81. The second kappa shape index (κ2) is 4.70. The zero-order valence-electron chi connectivity index (χ0n) is 10.7. The normalized spacial score (nSPS) is 11.1. The van der Waals surface area contributed by atoms with Gasteiger partial charge in [0.25, 0.3) is 5.91 Å². The number of nitrogens with one attached hydrogen (secondary N) is 1. The average Bonchev–Trinajstić information content (AvgIpc) is 2.25. The SMILES string of the molecule is C=Cc1cc(C(C)(C)C)cc(F)c1C(=O)NC. The minimum Gasteiger partial charge on any atom is -0.355 e. The van der Waals surface area contributed by atoms with Crippen molar-refractivity contribution in [2.75, 3.05) is 7.05 Å². The van der Waals surface area contributed by atoms with Crippen molar-refractivity contribution in [2.24, 2.45) is 0 Å². The van der Waals surface area contributed by atoms with Crippen molar-refractivity contribution in [1.29, 1.82) is 0 Å². The van der Waals surface area contributed by atoms with Crippen LogP contribution >= 0.6 is 0 Å². The van der Waals surface area contributed by atoms with Gasteiger partial charge < -0.3 is 5.32 Å². The minimum atomic E-state index is -0.508. The van der Waals surface area contributed by atoms with Gasteiger partial charge in [0.2, 0.25) is 0 Å². The maximum atomic E-state index is 14.0. The summed E-state index contributed by atoms with van der Waals surface area (Å²) >= 11 is 0. The number of benzene rings is 1. The van der Waals surface area contributed by atoms with E-state index in [9.17, 15) is 9.18 Å². The summed E-state index contributed by atoms with van der Waals surface area (Å²) in [5.41, 5.74) is 1.25. The molecule has 0 atom stereocenters. The summed E-state index contributed by atoms with van der Waals surface area (Å²) < 4.78 is 14.0. The highest BCUT2D eigenvalue weighted by molar-refractivity contribution is 5.97. The highest BCUT2D eigenvalue weighted by Crippen LogP contribution is 2.27. The zero-order valence-corrected chi connectivity index (χ0v) is 10.7. The minimum absolute atomic E-state index is 0.0514. The van der Waals surface area contributed by atoms with Gasteiger partial charge in [-0.05, 0) is 22.6 Å². The lowest BCUT2D eigenvalue weighted by Crippen LogP contribution is -2.22. The molecule has 0 heterocycles. The molecule has 1 amide bonds. The van der Waals surface area contributed by atoms with Gasteiger partial charge in [0.05, 0.1) is 5.56 Å². The summed E-state index contributed by atoms with van der Waals surface area (Å²) in [6.45, 7) is 9.61. The first kappa shape index (κ1) is 13.4. The van der Waals surface area contributed by atoms with Crippen molar-refractivity contribution in [1.82, 2.24) is 5.32 Å². The summed E-state index contributed by atoms with van der Waals surface area (Å²) in [7, 11) is 1.48. The Hall–Kier alpha value is -1.64. The van der Waals surface area contributed by atoms with Crippen LogP contribution in [0.2, 0.25) is 0 Å². The van der Waals surface area contributed by atoms with E-state index in [4.69, 9.17) is 0 Å². The first-order valence-corrected chi connectivity index (χ1v) is 5.49. The lowest BCUT2D eigenvalue weighted by atomic mass is 9.85. The van der Waals surface area contributed by atoms with Crippen molar-refractivity contribution >= 4 is 12.0 Å². The van der Waals surface area contributed by atoms with Gasteiger partial charge in [0, 0.05) is 7.05 Å². The molecule has 2 nitrogen and oxygen atoms in total. The maximum absolute atomic E-state index is 14.0. The summed E-state index contributed by atoms with van der Waals surface area (Å²) in [5, 5.41) is 2.43. The molecule has 0 spiro atoms. The quantitative estimate of drug-likeness (QED) is 0.838. The predicted molar refractivity (Wildman–Crippen MR) is 68.6 cm³/mol. The highest BCUT2D eigenvalue weighted by atomic mass is 19.1. The molecule has 0 saturated heterocycles. The van der Waals surface area contributed by atoms with E-state index < -0.39 is 11.7 Å². The Balaban J connectivity index is 3.46. The molecule has 0 radical (unpaired) electrons. The molecular weight excluding hydrogens is 217 g/mol. The summed E-state index contributed by atoms with van der Waals surface area (Å²) in [5.74, 6) is -0.940. The van der Waals surface area contributed by atoms with Gasteiger partial charge in [-0.25, -0.2) is 4.39 Å². The van der Waals surface area contributed by atoms with Gasteiger partial charge in [0.1, 0.15) is 5.82 Å². The van der Waals surface area contributed by atoms with Gasteiger partial charge >= 0.3 is 0 Å². The van der Waals surface area contributed by atoms with Gasteiger partial charge in [-0.1, -0.05) is 39.5 Å². The summed E-state index contributed by atoms with van der Waals surface area (Å²) in [6, 6.07) is 3.22. The monoisotopic (exact) mass is 235 g/mol. The molecule has 0 fully saturated rings. The predicted octanol–water partition coefficient (Wildman–Crippen LogP) is 3.13. The van der Waals surface area contributed by atoms with Gasteiger partial charge in [-0.3, -0.25) is 4.79 Å². The number of carbonyl (C=O) groups excluding carboxylic acids is 1. The molecule has 17 heavy (non-hydrogen) atoms. The Labute approximate surface area is 102 Å². The Morgan fingerprint density at radius 3 is 2.41 bits per heavy atom. The molecule has 1 aromatic carbocycles.